The van der Waals surface area contributed by atoms with Gasteiger partial charge in [0.05, 0.1) is 0 Å². The van der Waals surface area contributed by atoms with Gasteiger partial charge in [0, 0.05) is 11.1 Å². The number of esters is 1. The molecule has 1 N–H and O–H groups in total. The molecular weight excluding hydrogens is 439 g/mol. The molecule has 1 aliphatic heterocycles. The lowest BCUT2D eigenvalue weighted by Crippen LogP contribution is -2.54. The molecule has 4 rings (SSSR count). The molecule has 178 valence electrons. The number of ketones is 1. The minimum absolute atomic E-state index is 0.107. The van der Waals surface area contributed by atoms with Gasteiger partial charge in [-0.25, -0.2) is 14.0 Å². The standard InChI is InChI=1S/C26H27FN2O5/c1-16-12-25(2,3)15-26(13-16)23(32)29(24(33)28-26)14-21(30)34-20-10-6-18(7-11-20)22(31)17-4-8-19(27)9-5-17/h4-11,16H,12-15H2,1-3H3,(H,28,33). The van der Waals surface area contributed by atoms with Gasteiger partial charge in [-0.3, -0.25) is 14.5 Å². The largest absolute Gasteiger partial charge is 0.425 e. The van der Waals surface area contributed by atoms with Crippen molar-refractivity contribution in [3.63, 3.8) is 0 Å². The van der Waals surface area contributed by atoms with Crippen LogP contribution in [-0.4, -0.2) is 40.7 Å². The van der Waals surface area contributed by atoms with E-state index >= 15 is 0 Å². The smallest absolute Gasteiger partial charge is 0.331 e. The third kappa shape index (κ3) is 4.71. The summed E-state index contributed by atoms with van der Waals surface area (Å²) in [5.74, 6) is -1.45. The molecule has 1 spiro atoms. The third-order valence-corrected chi connectivity index (χ3v) is 6.37. The van der Waals surface area contributed by atoms with Gasteiger partial charge in [-0.2, -0.15) is 0 Å². The normalized spacial score (nSPS) is 23.6. The van der Waals surface area contributed by atoms with Gasteiger partial charge in [-0.15, -0.1) is 0 Å². The Labute approximate surface area is 197 Å². The van der Waals surface area contributed by atoms with Crippen molar-refractivity contribution >= 4 is 23.7 Å². The molecule has 2 aromatic carbocycles. The molecule has 0 bridgehead atoms. The topological polar surface area (TPSA) is 92.8 Å². The fourth-order valence-electron chi connectivity index (χ4n) is 5.38. The highest BCUT2D eigenvalue weighted by atomic mass is 19.1. The molecule has 1 saturated heterocycles. The zero-order chi connectivity index (χ0) is 24.7. The summed E-state index contributed by atoms with van der Waals surface area (Å²) >= 11 is 0. The Morgan fingerprint density at radius 3 is 2.21 bits per heavy atom. The van der Waals surface area contributed by atoms with Crippen LogP contribution in [0, 0.1) is 17.2 Å². The van der Waals surface area contributed by atoms with Crippen molar-refractivity contribution in [2.45, 2.75) is 45.6 Å². The molecule has 2 fully saturated rings. The van der Waals surface area contributed by atoms with Crippen molar-refractivity contribution in [3.05, 3.63) is 65.5 Å². The second kappa shape index (κ2) is 8.66. The molecule has 1 heterocycles. The summed E-state index contributed by atoms with van der Waals surface area (Å²) in [6.45, 7) is 5.71. The lowest BCUT2D eigenvalue weighted by Gasteiger charge is -2.43. The molecule has 34 heavy (non-hydrogen) atoms. The summed E-state index contributed by atoms with van der Waals surface area (Å²) in [5, 5.41) is 2.83. The molecule has 1 saturated carbocycles. The fourth-order valence-corrected chi connectivity index (χ4v) is 5.38. The molecule has 7 nitrogen and oxygen atoms in total. The molecule has 2 unspecified atom stereocenters. The quantitative estimate of drug-likeness (QED) is 0.310. The summed E-state index contributed by atoms with van der Waals surface area (Å²) < 4.78 is 18.4. The van der Waals surface area contributed by atoms with E-state index in [2.05, 4.69) is 26.1 Å². The number of halogens is 1. The van der Waals surface area contributed by atoms with Crippen LogP contribution in [0.4, 0.5) is 9.18 Å². The average molecular weight is 467 g/mol. The number of benzene rings is 2. The number of hydrogen-bond acceptors (Lipinski definition) is 5. The summed E-state index contributed by atoms with van der Waals surface area (Å²) in [5.41, 5.74) is -0.416. The van der Waals surface area contributed by atoms with E-state index in [4.69, 9.17) is 4.74 Å². The van der Waals surface area contributed by atoms with Gasteiger partial charge in [0.25, 0.3) is 5.91 Å². The number of urea groups is 1. The fraction of sp³-hybridized carbons (Fsp3) is 0.385. The minimum Gasteiger partial charge on any atom is -0.425 e. The van der Waals surface area contributed by atoms with Crippen LogP contribution in [-0.2, 0) is 9.59 Å². The van der Waals surface area contributed by atoms with E-state index in [1.807, 2.05) is 0 Å². The van der Waals surface area contributed by atoms with Crippen LogP contribution in [0.3, 0.4) is 0 Å². The number of nitrogens with one attached hydrogen (secondary N) is 1. The number of carbonyl (C=O) groups excluding carboxylic acids is 4. The van der Waals surface area contributed by atoms with E-state index in [9.17, 15) is 23.6 Å². The van der Waals surface area contributed by atoms with E-state index in [1.54, 1.807) is 0 Å². The number of carbonyl (C=O) groups is 4. The van der Waals surface area contributed by atoms with Crippen LogP contribution in [0.2, 0.25) is 0 Å². The van der Waals surface area contributed by atoms with Crippen LogP contribution < -0.4 is 10.1 Å². The van der Waals surface area contributed by atoms with Crippen molar-refractivity contribution in [1.29, 1.82) is 0 Å². The van der Waals surface area contributed by atoms with Gasteiger partial charge in [0.15, 0.2) is 5.78 Å². The molecule has 1 aliphatic carbocycles. The number of rotatable bonds is 5. The Bertz CT molecular complexity index is 1140. The zero-order valence-electron chi connectivity index (χ0n) is 19.4. The summed E-state index contributed by atoms with van der Waals surface area (Å²) in [7, 11) is 0. The van der Waals surface area contributed by atoms with Gasteiger partial charge in [-0.05, 0) is 79.1 Å². The van der Waals surface area contributed by atoms with E-state index in [1.165, 1.54) is 48.5 Å². The first-order chi connectivity index (χ1) is 16.0. The van der Waals surface area contributed by atoms with E-state index in [0.717, 1.165) is 11.3 Å². The maximum atomic E-state index is 13.2. The lowest BCUT2D eigenvalue weighted by atomic mass is 9.64. The SMILES string of the molecule is CC1CC(C)(C)CC2(C1)NC(=O)N(CC(=O)Oc1ccc(C(=O)c3ccc(F)cc3)cc1)C2=O. The molecule has 8 heteroatoms. The van der Waals surface area contributed by atoms with Crippen LogP contribution in [0.5, 0.6) is 5.75 Å². The van der Waals surface area contributed by atoms with Crippen molar-refractivity contribution in [3.8, 4) is 5.75 Å². The van der Waals surface area contributed by atoms with Crippen molar-refractivity contribution in [2.75, 3.05) is 6.54 Å². The molecule has 3 amide bonds. The van der Waals surface area contributed by atoms with Crippen LogP contribution >= 0.6 is 0 Å². The van der Waals surface area contributed by atoms with Gasteiger partial charge >= 0.3 is 12.0 Å². The third-order valence-electron chi connectivity index (χ3n) is 6.37. The highest BCUT2D eigenvalue weighted by Crippen LogP contribution is 2.46. The summed E-state index contributed by atoms with van der Waals surface area (Å²) in [6, 6.07) is 10.5. The van der Waals surface area contributed by atoms with E-state index < -0.39 is 35.8 Å². The van der Waals surface area contributed by atoms with Crippen molar-refractivity contribution in [2.24, 2.45) is 11.3 Å². The van der Waals surface area contributed by atoms with Crippen molar-refractivity contribution in [1.82, 2.24) is 10.2 Å². The van der Waals surface area contributed by atoms with Gasteiger partial charge < -0.3 is 10.1 Å². The lowest BCUT2D eigenvalue weighted by molar-refractivity contribution is -0.142. The summed E-state index contributed by atoms with van der Waals surface area (Å²) in [4.78, 5) is 51.6. The molecule has 2 aliphatic rings. The predicted octanol–water partition coefficient (Wildman–Crippen LogP) is 4.10. The Balaban J connectivity index is 1.40. The number of nitrogens with zero attached hydrogens (tertiary/aromatic N) is 1. The maximum Gasteiger partial charge on any atom is 0.331 e. The van der Waals surface area contributed by atoms with E-state index in [-0.39, 0.29) is 22.9 Å². The monoisotopic (exact) mass is 466 g/mol. The van der Waals surface area contributed by atoms with Crippen molar-refractivity contribution < 1.29 is 28.3 Å². The van der Waals surface area contributed by atoms with Gasteiger partial charge in [-0.1, -0.05) is 20.8 Å². The average Bonchev–Trinajstić information content (AvgIpc) is 2.96. The Morgan fingerprint density at radius 1 is 1.03 bits per heavy atom. The second-order valence-electron chi connectivity index (χ2n) is 10.1. The molecular formula is C26H27FN2O5. The number of ether oxygens (including phenoxy) is 1. The summed E-state index contributed by atoms with van der Waals surface area (Å²) in [6.07, 6.45) is 2.01. The van der Waals surface area contributed by atoms with Gasteiger partial charge in [0.2, 0.25) is 0 Å². The molecule has 2 aromatic rings. The van der Waals surface area contributed by atoms with E-state index in [0.29, 0.717) is 24.0 Å². The number of amides is 3. The second-order valence-corrected chi connectivity index (χ2v) is 10.1. The minimum atomic E-state index is -0.985. The number of hydrogen-bond donors (Lipinski definition) is 1. The molecule has 0 radical (unpaired) electrons. The molecule has 0 aromatic heterocycles. The first-order valence-corrected chi connectivity index (χ1v) is 11.2. The first-order valence-electron chi connectivity index (χ1n) is 11.2. The Hall–Kier alpha value is -3.55. The van der Waals surface area contributed by atoms with Crippen LogP contribution in [0.25, 0.3) is 0 Å². The first kappa shape index (κ1) is 23.6. The predicted molar refractivity (Wildman–Crippen MR) is 122 cm³/mol. The highest BCUT2D eigenvalue weighted by molar-refractivity contribution is 6.09. The Morgan fingerprint density at radius 2 is 1.62 bits per heavy atom. The number of imide groups is 1. The molecule has 2 atom stereocenters. The van der Waals surface area contributed by atoms with Crippen LogP contribution in [0.15, 0.2) is 48.5 Å². The van der Waals surface area contributed by atoms with Gasteiger partial charge in [0.1, 0.15) is 23.7 Å². The Kier molecular flexibility index (Phi) is 6.02. The zero-order valence-corrected chi connectivity index (χ0v) is 19.4. The van der Waals surface area contributed by atoms with Crippen LogP contribution in [0.1, 0.15) is 56.0 Å². The maximum absolute atomic E-state index is 13.2. The highest BCUT2D eigenvalue weighted by Gasteiger charge is 2.56.